The maximum atomic E-state index is 3.86. The third kappa shape index (κ3) is 4.84. The van der Waals surface area contributed by atoms with Gasteiger partial charge >= 0.3 is 0 Å². The van der Waals surface area contributed by atoms with Crippen LogP contribution in [0.1, 0.15) is 31.9 Å². The Labute approximate surface area is 102 Å². The third-order valence-electron chi connectivity index (χ3n) is 1.37. The second-order valence-corrected chi connectivity index (χ2v) is 1.99. The Bertz CT molecular complexity index is 194. The van der Waals surface area contributed by atoms with Gasteiger partial charge in [0.05, 0.1) is 0 Å². The average Bonchev–Trinajstić information content (AvgIpc) is 2.09. The van der Waals surface area contributed by atoms with Crippen molar-refractivity contribution in [2.45, 2.75) is 20.8 Å². The van der Waals surface area contributed by atoms with Gasteiger partial charge in [0.1, 0.15) is 0 Å². The Balaban J connectivity index is 0. The molecule has 0 nitrogen and oxygen atoms in total. The molecular weight excluding hydrogens is 221 g/mol. The predicted octanol–water partition coefficient (Wildman–Crippen LogP) is 3.46. The number of hydrogen-bond donors (Lipinski definition) is 0. The summed E-state index contributed by atoms with van der Waals surface area (Å²) in [4.78, 5) is 0. The van der Waals surface area contributed by atoms with E-state index in [-0.39, 0.29) is 32.7 Å². The molecule has 0 saturated carbocycles. The summed E-state index contributed by atoms with van der Waals surface area (Å²) < 4.78 is 0. The molecule has 0 atom stereocenters. The van der Waals surface area contributed by atoms with Crippen LogP contribution in [0.4, 0.5) is 0 Å². The first kappa shape index (κ1) is 14.6. The van der Waals surface area contributed by atoms with Crippen LogP contribution in [0.5, 0.6) is 0 Å². The van der Waals surface area contributed by atoms with E-state index < -0.39 is 0 Å². The van der Waals surface area contributed by atoms with Gasteiger partial charge in [0.2, 0.25) is 0 Å². The molecule has 65 valence electrons. The molecule has 0 aromatic heterocycles. The van der Waals surface area contributed by atoms with Crippen molar-refractivity contribution in [2.24, 2.45) is 0 Å². The Morgan fingerprint density at radius 3 is 2.00 bits per heavy atom. The molecule has 1 rings (SSSR count). The Hall–Kier alpha value is 0.0639. The number of hydrogen-bond acceptors (Lipinski definition) is 0. The van der Waals surface area contributed by atoms with Gasteiger partial charge in [-0.2, -0.15) is 0 Å². The summed E-state index contributed by atoms with van der Waals surface area (Å²) in [5.41, 5.74) is 2.32. The minimum atomic E-state index is 0. The first-order valence-corrected chi connectivity index (χ1v) is 4.05. The monoisotopic (exact) mass is 237 g/mol. The van der Waals surface area contributed by atoms with E-state index in [2.05, 4.69) is 19.4 Å². The van der Waals surface area contributed by atoms with Crippen molar-refractivity contribution in [1.82, 2.24) is 0 Å². The van der Waals surface area contributed by atoms with E-state index >= 15 is 0 Å². The molecule has 0 N–H and O–H groups in total. The van der Waals surface area contributed by atoms with Gasteiger partial charge in [-0.15, -0.1) is 19.1 Å². The molecule has 0 bridgehead atoms. The summed E-state index contributed by atoms with van der Waals surface area (Å²) in [5.74, 6) is 0. The summed E-state index contributed by atoms with van der Waals surface area (Å²) in [5, 5.41) is 0. The van der Waals surface area contributed by atoms with E-state index in [4.69, 9.17) is 0 Å². The third-order valence-corrected chi connectivity index (χ3v) is 1.37. The normalized spacial score (nSPS) is 7.25. The van der Waals surface area contributed by atoms with Crippen LogP contribution < -0.4 is 0 Å². The maximum Gasteiger partial charge on any atom is 0 e. The van der Waals surface area contributed by atoms with Crippen molar-refractivity contribution >= 4 is 0 Å². The van der Waals surface area contributed by atoms with Crippen molar-refractivity contribution in [2.75, 3.05) is 0 Å². The molecular formula is C11H16Y-2. The zero-order valence-corrected chi connectivity index (χ0v) is 11.0. The molecule has 1 heteroatoms. The van der Waals surface area contributed by atoms with Crippen LogP contribution >= 0.6 is 0 Å². The van der Waals surface area contributed by atoms with Gasteiger partial charge in [-0.25, -0.2) is 18.6 Å². The van der Waals surface area contributed by atoms with E-state index in [0.29, 0.717) is 0 Å². The van der Waals surface area contributed by atoms with Crippen molar-refractivity contribution in [3.05, 3.63) is 48.7 Å². The van der Waals surface area contributed by atoms with Crippen molar-refractivity contribution in [3.8, 4) is 0 Å². The van der Waals surface area contributed by atoms with Crippen molar-refractivity contribution < 1.29 is 32.7 Å². The first-order valence-electron chi connectivity index (χ1n) is 4.05. The average molecular weight is 237 g/mol. The zero-order valence-electron chi connectivity index (χ0n) is 8.17. The quantitative estimate of drug-likeness (QED) is 0.656. The van der Waals surface area contributed by atoms with Gasteiger partial charge in [-0.05, 0) is 0 Å². The fraction of sp³-hybridized carbons (Fsp3) is 0.273. The molecule has 0 spiro atoms. The van der Waals surface area contributed by atoms with Crippen LogP contribution in [0.25, 0.3) is 0 Å². The van der Waals surface area contributed by atoms with Gasteiger partial charge in [-0.1, -0.05) is 13.8 Å². The molecule has 1 radical (unpaired) electrons. The van der Waals surface area contributed by atoms with Gasteiger partial charge < -0.3 is 0 Å². The zero-order chi connectivity index (χ0) is 8.69. The van der Waals surface area contributed by atoms with Gasteiger partial charge in [0, 0.05) is 32.7 Å². The van der Waals surface area contributed by atoms with Crippen LogP contribution in [0, 0.1) is 13.3 Å². The molecule has 0 aliphatic rings. The Morgan fingerprint density at radius 1 is 1.17 bits per heavy atom. The molecule has 1 aromatic carbocycles. The predicted molar refractivity (Wildman–Crippen MR) is 51.3 cm³/mol. The van der Waals surface area contributed by atoms with Crippen LogP contribution in [0.15, 0.2) is 24.3 Å². The fourth-order valence-electron chi connectivity index (χ4n) is 0.816. The van der Waals surface area contributed by atoms with Gasteiger partial charge in [0.25, 0.3) is 0 Å². The topological polar surface area (TPSA) is 0 Å². The first-order chi connectivity index (χ1) is 5.34. The second kappa shape index (κ2) is 9.15. The van der Waals surface area contributed by atoms with E-state index in [1.54, 1.807) is 0 Å². The SMILES string of the molecule is CC.[CH2-]c1ccccc1[CH-]C.[Y]. The molecule has 0 heterocycles. The van der Waals surface area contributed by atoms with Crippen LogP contribution in [-0.2, 0) is 32.7 Å². The van der Waals surface area contributed by atoms with E-state index in [9.17, 15) is 0 Å². The largest absolute Gasteiger partial charge is 0.299 e. The Kier molecular flexibility index (Phi) is 11.1. The van der Waals surface area contributed by atoms with Crippen LogP contribution in [0.2, 0.25) is 0 Å². The summed E-state index contributed by atoms with van der Waals surface area (Å²) in [6, 6.07) is 8.08. The molecule has 0 aliphatic carbocycles. The minimum absolute atomic E-state index is 0. The fourth-order valence-corrected chi connectivity index (χ4v) is 0.816. The van der Waals surface area contributed by atoms with Gasteiger partial charge in [-0.3, -0.25) is 18.1 Å². The molecule has 0 fully saturated rings. The summed E-state index contributed by atoms with van der Waals surface area (Å²) >= 11 is 0. The van der Waals surface area contributed by atoms with Crippen molar-refractivity contribution in [1.29, 1.82) is 0 Å². The molecule has 0 saturated heterocycles. The van der Waals surface area contributed by atoms with Crippen molar-refractivity contribution in [3.63, 3.8) is 0 Å². The summed E-state index contributed by atoms with van der Waals surface area (Å²) in [6.07, 6.45) is 2.06. The standard InChI is InChI=1S/C9H10.C2H6.Y/c1-3-9-7-5-4-6-8(9)2;1-2;/h3-7H,2H2,1H3;1-2H3;/q-2;;. The molecule has 0 aliphatic heterocycles. The van der Waals surface area contributed by atoms with Crippen LogP contribution in [-0.4, -0.2) is 0 Å². The van der Waals surface area contributed by atoms with Crippen LogP contribution in [0.3, 0.4) is 0 Å². The minimum Gasteiger partial charge on any atom is -0.299 e. The number of rotatable bonds is 1. The van der Waals surface area contributed by atoms with E-state index in [1.165, 1.54) is 5.56 Å². The molecule has 1 aromatic rings. The molecule has 12 heavy (non-hydrogen) atoms. The molecule has 0 unspecified atom stereocenters. The smallest absolute Gasteiger partial charge is 0 e. The molecule has 0 amide bonds. The second-order valence-electron chi connectivity index (χ2n) is 1.99. The maximum absolute atomic E-state index is 3.86. The van der Waals surface area contributed by atoms with E-state index in [0.717, 1.165) is 5.56 Å². The summed E-state index contributed by atoms with van der Waals surface area (Å²) in [6.45, 7) is 9.88. The summed E-state index contributed by atoms with van der Waals surface area (Å²) in [7, 11) is 0. The van der Waals surface area contributed by atoms with Gasteiger partial charge in [0.15, 0.2) is 0 Å². The Morgan fingerprint density at radius 2 is 1.67 bits per heavy atom. The van der Waals surface area contributed by atoms with E-state index in [1.807, 2.05) is 39.0 Å². The number of benzene rings is 1.